The molecule has 8 heteroatoms. The SMILES string of the molecule is CCNC(=NCC1(C)CCCS1)NCCCOCC(F)(F)F. The summed E-state index contributed by atoms with van der Waals surface area (Å²) >= 11 is 1.95. The summed E-state index contributed by atoms with van der Waals surface area (Å²) in [7, 11) is 0. The Hall–Kier alpha value is -0.630. The molecule has 1 aliphatic rings. The van der Waals surface area contributed by atoms with Crippen LogP contribution in [0.2, 0.25) is 0 Å². The Morgan fingerprint density at radius 2 is 2.14 bits per heavy atom. The molecule has 0 amide bonds. The molecule has 22 heavy (non-hydrogen) atoms. The van der Waals surface area contributed by atoms with E-state index in [1.54, 1.807) is 0 Å². The maximum absolute atomic E-state index is 11.9. The van der Waals surface area contributed by atoms with Crippen molar-refractivity contribution in [1.82, 2.24) is 10.6 Å². The van der Waals surface area contributed by atoms with Crippen molar-refractivity contribution in [3.63, 3.8) is 0 Å². The van der Waals surface area contributed by atoms with E-state index in [-0.39, 0.29) is 11.4 Å². The maximum atomic E-state index is 11.9. The Bertz CT molecular complexity index is 345. The fourth-order valence-corrected chi connectivity index (χ4v) is 3.34. The third-order valence-electron chi connectivity index (χ3n) is 3.24. The Balaban J connectivity index is 2.23. The van der Waals surface area contributed by atoms with Gasteiger partial charge in [0.2, 0.25) is 0 Å². The minimum atomic E-state index is -4.25. The third-order valence-corrected chi connectivity index (χ3v) is 4.76. The van der Waals surface area contributed by atoms with Crippen molar-refractivity contribution in [3.05, 3.63) is 0 Å². The Labute approximate surface area is 134 Å². The van der Waals surface area contributed by atoms with E-state index in [9.17, 15) is 13.2 Å². The highest BCUT2D eigenvalue weighted by Crippen LogP contribution is 2.37. The van der Waals surface area contributed by atoms with Crippen molar-refractivity contribution >= 4 is 17.7 Å². The number of ether oxygens (including phenoxy) is 1. The first-order chi connectivity index (χ1) is 10.3. The number of hydrogen-bond acceptors (Lipinski definition) is 3. The number of rotatable bonds is 8. The normalized spacial score (nSPS) is 22.9. The molecular weight excluding hydrogens is 315 g/mol. The van der Waals surface area contributed by atoms with Gasteiger partial charge in [0.1, 0.15) is 6.61 Å². The van der Waals surface area contributed by atoms with Crippen molar-refractivity contribution in [3.8, 4) is 0 Å². The Morgan fingerprint density at radius 3 is 2.73 bits per heavy atom. The number of guanidine groups is 1. The minimum Gasteiger partial charge on any atom is -0.372 e. The predicted molar refractivity (Wildman–Crippen MR) is 85.6 cm³/mol. The molecule has 1 atom stereocenters. The molecule has 0 aromatic heterocycles. The van der Waals surface area contributed by atoms with E-state index in [0.29, 0.717) is 18.9 Å². The molecule has 1 saturated heterocycles. The van der Waals surface area contributed by atoms with Crippen LogP contribution < -0.4 is 10.6 Å². The number of halogens is 3. The van der Waals surface area contributed by atoms with Crippen molar-refractivity contribution in [2.75, 3.05) is 38.6 Å². The summed E-state index contributed by atoms with van der Waals surface area (Å²) in [4.78, 5) is 4.58. The molecular formula is C14H26F3N3OS. The molecule has 4 nitrogen and oxygen atoms in total. The molecule has 0 aromatic rings. The van der Waals surface area contributed by atoms with E-state index in [2.05, 4.69) is 27.3 Å². The summed E-state index contributed by atoms with van der Waals surface area (Å²) in [5, 5.41) is 6.28. The first kappa shape index (κ1) is 19.4. The number of nitrogens with one attached hydrogen (secondary N) is 2. The zero-order chi connectivity index (χ0) is 16.5. The van der Waals surface area contributed by atoms with Gasteiger partial charge in [0.25, 0.3) is 0 Å². The van der Waals surface area contributed by atoms with Crippen molar-refractivity contribution in [2.24, 2.45) is 4.99 Å². The summed E-state index contributed by atoms with van der Waals surface area (Å²) in [5.41, 5.74) is 0. The van der Waals surface area contributed by atoms with Crippen LogP contribution in [-0.2, 0) is 4.74 Å². The highest BCUT2D eigenvalue weighted by Gasteiger charge is 2.29. The van der Waals surface area contributed by atoms with Gasteiger partial charge in [0, 0.05) is 24.4 Å². The van der Waals surface area contributed by atoms with E-state index in [1.807, 2.05) is 18.7 Å². The Morgan fingerprint density at radius 1 is 1.36 bits per heavy atom. The minimum absolute atomic E-state index is 0.0828. The quantitative estimate of drug-likeness (QED) is 0.405. The van der Waals surface area contributed by atoms with E-state index in [0.717, 1.165) is 13.1 Å². The number of nitrogens with zero attached hydrogens (tertiary/aromatic N) is 1. The largest absolute Gasteiger partial charge is 0.411 e. The third kappa shape index (κ3) is 8.73. The Kier molecular flexibility index (Phi) is 8.38. The average Bonchev–Trinajstić information content (AvgIpc) is 2.86. The summed E-state index contributed by atoms with van der Waals surface area (Å²) < 4.78 is 40.5. The smallest absolute Gasteiger partial charge is 0.372 e. The van der Waals surface area contributed by atoms with E-state index >= 15 is 0 Å². The van der Waals surface area contributed by atoms with Crippen molar-refractivity contribution in [1.29, 1.82) is 0 Å². The van der Waals surface area contributed by atoms with Gasteiger partial charge >= 0.3 is 6.18 Å². The first-order valence-electron chi connectivity index (χ1n) is 7.65. The second kappa shape index (κ2) is 9.50. The van der Waals surface area contributed by atoms with Crippen LogP contribution in [0.1, 0.15) is 33.1 Å². The summed E-state index contributed by atoms with van der Waals surface area (Å²) in [6.07, 6.45) is -1.34. The molecule has 0 saturated carbocycles. The summed E-state index contributed by atoms with van der Waals surface area (Å²) in [5.74, 6) is 1.90. The lowest BCUT2D eigenvalue weighted by Crippen LogP contribution is -2.39. The van der Waals surface area contributed by atoms with Crippen LogP contribution >= 0.6 is 11.8 Å². The fraction of sp³-hybridized carbons (Fsp3) is 0.929. The van der Waals surface area contributed by atoms with Gasteiger partial charge in [-0.25, -0.2) is 0 Å². The number of thioether (sulfide) groups is 1. The van der Waals surface area contributed by atoms with Crippen molar-refractivity contribution in [2.45, 2.75) is 44.0 Å². The van der Waals surface area contributed by atoms with Crippen LogP contribution in [0, 0.1) is 0 Å². The standard InChI is InChI=1S/C14H26F3N3OS/c1-3-18-12(20-10-13(2)6-4-9-22-13)19-7-5-8-21-11-14(15,16)17/h3-11H2,1-2H3,(H2,18,19,20). The number of hydrogen-bond donors (Lipinski definition) is 2. The highest BCUT2D eigenvalue weighted by atomic mass is 32.2. The van der Waals surface area contributed by atoms with Crippen LogP contribution in [0.15, 0.2) is 4.99 Å². The van der Waals surface area contributed by atoms with Gasteiger partial charge in [-0.2, -0.15) is 24.9 Å². The lowest BCUT2D eigenvalue weighted by Gasteiger charge is -2.21. The van der Waals surface area contributed by atoms with Crippen LogP contribution in [0.3, 0.4) is 0 Å². The predicted octanol–water partition coefficient (Wildman–Crippen LogP) is 2.80. The molecule has 1 rings (SSSR count). The fourth-order valence-electron chi connectivity index (χ4n) is 2.12. The highest BCUT2D eigenvalue weighted by molar-refractivity contribution is 8.00. The maximum Gasteiger partial charge on any atom is 0.411 e. The lowest BCUT2D eigenvalue weighted by atomic mass is 10.1. The van der Waals surface area contributed by atoms with Gasteiger partial charge in [-0.15, -0.1) is 0 Å². The van der Waals surface area contributed by atoms with Gasteiger partial charge in [-0.05, 0) is 38.9 Å². The molecule has 130 valence electrons. The van der Waals surface area contributed by atoms with Gasteiger partial charge < -0.3 is 15.4 Å². The van der Waals surface area contributed by atoms with E-state index in [4.69, 9.17) is 0 Å². The van der Waals surface area contributed by atoms with Gasteiger partial charge in [0.15, 0.2) is 5.96 Å². The molecule has 0 bridgehead atoms. The van der Waals surface area contributed by atoms with Crippen molar-refractivity contribution < 1.29 is 17.9 Å². The second-order valence-electron chi connectivity index (χ2n) is 5.55. The molecule has 0 radical (unpaired) electrons. The van der Waals surface area contributed by atoms with Crippen LogP contribution in [0.25, 0.3) is 0 Å². The molecule has 2 N–H and O–H groups in total. The van der Waals surface area contributed by atoms with Crippen LogP contribution in [0.5, 0.6) is 0 Å². The van der Waals surface area contributed by atoms with Crippen LogP contribution in [0.4, 0.5) is 13.2 Å². The van der Waals surface area contributed by atoms with Gasteiger partial charge in [-0.1, -0.05) is 0 Å². The van der Waals surface area contributed by atoms with Gasteiger partial charge in [-0.3, -0.25) is 4.99 Å². The molecule has 1 unspecified atom stereocenters. The lowest BCUT2D eigenvalue weighted by molar-refractivity contribution is -0.173. The number of aliphatic imine (C=N–C) groups is 1. The molecule has 1 aliphatic heterocycles. The van der Waals surface area contributed by atoms with Crippen LogP contribution in [-0.4, -0.2) is 55.5 Å². The molecule has 1 heterocycles. The first-order valence-corrected chi connectivity index (χ1v) is 8.64. The molecule has 0 aromatic carbocycles. The van der Waals surface area contributed by atoms with E-state index < -0.39 is 12.8 Å². The zero-order valence-electron chi connectivity index (χ0n) is 13.3. The zero-order valence-corrected chi connectivity index (χ0v) is 14.1. The summed E-state index contributed by atoms with van der Waals surface area (Å²) in [6.45, 7) is 5.14. The monoisotopic (exact) mass is 341 g/mol. The van der Waals surface area contributed by atoms with E-state index in [1.165, 1.54) is 18.6 Å². The summed E-state index contributed by atoms with van der Waals surface area (Å²) in [6, 6.07) is 0. The average molecular weight is 341 g/mol. The molecule has 1 fully saturated rings. The second-order valence-corrected chi connectivity index (χ2v) is 7.23. The molecule has 0 spiro atoms. The number of alkyl halides is 3. The topological polar surface area (TPSA) is 45.7 Å². The van der Waals surface area contributed by atoms with Gasteiger partial charge in [0.05, 0.1) is 6.54 Å². The molecule has 0 aliphatic carbocycles.